The van der Waals surface area contributed by atoms with Crippen molar-refractivity contribution in [2.75, 3.05) is 20.6 Å². The summed E-state index contributed by atoms with van der Waals surface area (Å²) in [7, 11) is 4.47. The molecule has 4 saturated carbocycles. The largest absolute Gasteiger partial charge is 0.309 e. The van der Waals surface area contributed by atoms with Gasteiger partial charge in [0.2, 0.25) is 0 Å². The van der Waals surface area contributed by atoms with Gasteiger partial charge in [0.25, 0.3) is 0 Å². The molecular formula is C21H32ClN. The van der Waals surface area contributed by atoms with E-state index in [0.717, 1.165) is 23.7 Å². The van der Waals surface area contributed by atoms with Crippen molar-refractivity contribution in [3.63, 3.8) is 0 Å². The van der Waals surface area contributed by atoms with Crippen LogP contribution in [-0.2, 0) is 0 Å². The van der Waals surface area contributed by atoms with E-state index in [4.69, 9.17) is 0 Å². The van der Waals surface area contributed by atoms with Gasteiger partial charge in [-0.05, 0) is 101 Å². The number of benzene rings is 1. The van der Waals surface area contributed by atoms with Crippen molar-refractivity contribution >= 4 is 12.4 Å². The minimum absolute atomic E-state index is 0. The van der Waals surface area contributed by atoms with E-state index in [-0.39, 0.29) is 12.4 Å². The van der Waals surface area contributed by atoms with Gasteiger partial charge in [-0.25, -0.2) is 0 Å². The molecule has 0 heterocycles. The molecule has 0 saturated heterocycles. The first kappa shape index (κ1) is 17.3. The second-order valence-corrected chi connectivity index (χ2v) is 8.91. The monoisotopic (exact) mass is 333 g/mol. The van der Waals surface area contributed by atoms with Crippen LogP contribution in [0.15, 0.2) is 24.3 Å². The molecule has 1 nitrogen and oxygen atoms in total. The van der Waals surface area contributed by atoms with E-state index in [1.165, 1.54) is 44.2 Å². The number of nitrogens with zero attached hydrogens (tertiary/aromatic N) is 1. The summed E-state index contributed by atoms with van der Waals surface area (Å²) in [4.78, 5) is 2.39. The van der Waals surface area contributed by atoms with E-state index >= 15 is 0 Å². The summed E-state index contributed by atoms with van der Waals surface area (Å²) in [6.07, 6.45) is 8.99. The Morgan fingerprint density at radius 1 is 1.00 bits per heavy atom. The smallest absolute Gasteiger partial charge is 0.00193 e. The molecule has 4 aliphatic rings. The average Bonchev–Trinajstić information content (AvgIpc) is 2.46. The number of hydrogen-bond acceptors (Lipinski definition) is 1. The van der Waals surface area contributed by atoms with E-state index in [1.807, 2.05) is 0 Å². The van der Waals surface area contributed by atoms with E-state index in [1.54, 1.807) is 12.0 Å². The second-order valence-electron chi connectivity index (χ2n) is 8.91. The predicted octanol–water partition coefficient (Wildman–Crippen LogP) is 5.28. The van der Waals surface area contributed by atoms with Crippen LogP contribution in [0.1, 0.15) is 55.6 Å². The molecule has 4 aliphatic carbocycles. The van der Waals surface area contributed by atoms with Gasteiger partial charge in [-0.1, -0.05) is 29.8 Å². The number of halogens is 1. The first-order valence-electron chi connectivity index (χ1n) is 9.27. The molecular weight excluding hydrogens is 302 g/mol. The van der Waals surface area contributed by atoms with Crippen LogP contribution in [0.5, 0.6) is 0 Å². The van der Waals surface area contributed by atoms with Crippen LogP contribution in [-0.4, -0.2) is 25.5 Å². The standard InChI is InChI=1S/C21H31N.ClH/c1-15-4-6-18(7-5-15)20-19-11-16-10-17(12-19)14-21(20,13-16)8-9-22(2)3;/h4-7,16-17,19-20H,8-14H2,1-3H3;1H. The first-order chi connectivity index (χ1) is 10.6. The SMILES string of the molecule is Cc1ccc(C2C3CC4CC(C3)CC2(CCN(C)C)C4)cc1.Cl. The molecule has 2 heteroatoms. The summed E-state index contributed by atoms with van der Waals surface area (Å²) in [5.41, 5.74) is 3.65. The van der Waals surface area contributed by atoms with Crippen molar-refractivity contribution in [2.45, 2.75) is 51.4 Å². The Hall–Kier alpha value is -0.530. The zero-order valence-corrected chi connectivity index (χ0v) is 15.7. The second kappa shape index (κ2) is 6.41. The van der Waals surface area contributed by atoms with Gasteiger partial charge in [-0.3, -0.25) is 0 Å². The maximum absolute atomic E-state index is 2.44. The molecule has 0 radical (unpaired) electrons. The molecule has 3 unspecified atom stereocenters. The fourth-order valence-corrected chi connectivity index (χ4v) is 6.41. The van der Waals surface area contributed by atoms with E-state index in [9.17, 15) is 0 Å². The third-order valence-electron chi connectivity index (χ3n) is 6.95. The zero-order chi connectivity index (χ0) is 15.3. The van der Waals surface area contributed by atoms with Crippen LogP contribution in [0.25, 0.3) is 0 Å². The Balaban J connectivity index is 0.00000156. The third-order valence-corrected chi connectivity index (χ3v) is 6.95. The lowest BCUT2D eigenvalue weighted by molar-refractivity contribution is -0.0822. The Morgan fingerprint density at radius 2 is 1.61 bits per heavy atom. The lowest BCUT2D eigenvalue weighted by Gasteiger charge is -2.62. The normalized spacial score (nSPS) is 37.9. The van der Waals surface area contributed by atoms with Gasteiger partial charge in [0.1, 0.15) is 0 Å². The van der Waals surface area contributed by atoms with Crippen molar-refractivity contribution in [3.8, 4) is 0 Å². The number of hydrogen-bond donors (Lipinski definition) is 0. The molecule has 128 valence electrons. The number of rotatable bonds is 4. The lowest BCUT2D eigenvalue weighted by atomic mass is 9.43. The highest BCUT2D eigenvalue weighted by molar-refractivity contribution is 5.85. The maximum Gasteiger partial charge on any atom is -0.00193 e. The molecule has 0 aliphatic heterocycles. The van der Waals surface area contributed by atoms with Gasteiger partial charge < -0.3 is 4.90 Å². The summed E-state index contributed by atoms with van der Waals surface area (Å²) in [6, 6.07) is 9.55. The summed E-state index contributed by atoms with van der Waals surface area (Å²) in [5, 5.41) is 0. The molecule has 23 heavy (non-hydrogen) atoms. The zero-order valence-electron chi connectivity index (χ0n) is 14.9. The highest BCUT2D eigenvalue weighted by atomic mass is 35.5. The van der Waals surface area contributed by atoms with E-state index in [2.05, 4.69) is 50.2 Å². The summed E-state index contributed by atoms with van der Waals surface area (Å²) in [6.45, 7) is 3.47. The van der Waals surface area contributed by atoms with Gasteiger partial charge in [0, 0.05) is 0 Å². The van der Waals surface area contributed by atoms with Crippen LogP contribution >= 0.6 is 12.4 Å². The van der Waals surface area contributed by atoms with Crippen molar-refractivity contribution in [3.05, 3.63) is 35.4 Å². The fourth-order valence-electron chi connectivity index (χ4n) is 6.41. The topological polar surface area (TPSA) is 3.24 Å². The average molecular weight is 334 g/mol. The van der Waals surface area contributed by atoms with Gasteiger partial charge in [-0.2, -0.15) is 0 Å². The van der Waals surface area contributed by atoms with Crippen molar-refractivity contribution in [1.29, 1.82) is 0 Å². The van der Waals surface area contributed by atoms with Gasteiger partial charge in [-0.15, -0.1) is 12.4 Å². The van der Waals surface area contributed by atoms with Crippen molar-refractivity contribution in [1.82, 2.24) is 4.90 Å². The molecule has 1 aromatic carbocycles. The number of aryl methyl sites for hydroxylation is 1. The summed E-state index contributed by atoms with van der Waals surface area (Å²) in [5.74, 6) is 3.89. The maximum atomic E-state index is 2.44. The Morgan fingerprint density at radius 3 is 2.17 bits per heavy atom. The minimum atomic E-state index is 0. The molecule has 4 bridgehead atoms. The van der Waals surface area contributed by atoms with Crippen molar-refractivity contribution < 1.29 is 0 Å². The quantitative estimate of drug-likeness (QED) is 0.724. The van der Waals surface area contributed by atoms with Gasteiger partial charge in [0.15, 0.2) is 0 Å². The molecule has 3 atom stereocenters. The van der Waals surface area contributed by atoms with Crippen LogP contribution in [0.2, 0.25) is 0 Å². The van der Waals surface area contributed by atoms with E-state index in [0.29, 0.717) is 5.41 Å². The Labute approximate surface area is 148 Å². The molecule has 0 N–H and O–H groups in total. The van der Waals surface area contributed by atoms with Gasteiger partial charge >= 0.3 is 0 Å². The lowest BCUT2D eigenvalue weighted by Crippen LogP contribution is -2.52. The molecule has 5 rings (SSSR count). The Bertz CT molecular complexity index is 521. The highest BCUT2D eigenvalue weighted by Gasteiger charge is 2.56. The molecule has 4 fully saturated rings. The van der Waals surface area contributed by atoms with E-state index < -0.39 is 0 Å². The molecule has 1 aromatic rings. The molecule has 0 aromatic heterocycles. The third kappa shape index (κ3) is 3.07. The van der Waals surface area contributed by atoms with Gasteiger partial charge in [0.05, 0.1) is 0 Å². The Kier molecular flexibility index (Phi) is 4.82. The van der Waals surface area contributed by atoms with Crippen LogP contribution < -0.4 is 0 Å². The molecule has 0 spiro atoms. The van der Waals surface area contributed by atoms with Crippen LogP contribution in [0.3, 0.4) is 0 Å². The predicted molar refractivity (Wildman–Crippen MR) is 100 cm³/mol. The summed E-state index contributed by atoms with van der Waals surface area (Å²) >= 11 is 0. The van der Waals surface area contributed by atoms with Crippen LogP contribution in [0.4, 0.5) is 0 Å². The molecule has 0 amide bonds. The minimum Gasteiger partial charge on any atom is -0.309 e. The van der Waals surface area contributed by atoms with Crippen molar-refractivity contribution in [2.24, 2.45) is 23.2 Å². The highest BCUT2D eigenvalue weighted by Crippen LogP contribution is 2.67. The summed E-state index contributed by atoms with van der Waals surface area (Å²) < 4.78 is 0. The van der Waals surface area contributed by atoms with Crippen LogP contribution in [0, 0.1) is 30.1 Å². The fraction of sp³-hybridized carbons (Fsp3) is 0.714. The first-order valence-corrected chi connectivity index (χ1v) is 9.27.